The highest BCUT2D eigenvalue weighted by atomic mass is 35.5. The molecule has 2 aromatic rings. The third kappa shape index (κ3) is 4.04. The minimum Gasteiger partial charge on any atom is -0.329 e. The van der Waals surface area contributed by atoms with E-state index in [1.807, 2.05) is 6.07 Å². The molecule has 0 aliphatic rings. The van der Waals surface area contributed by atoms with Crippen LogP contribution in [-0.2, 0) is 16.6 Å². The first-order valence-electron chi connectivity index (χ1n) is 6.42. The number of aromatic nitrogens is 2. The molecule has 0 amide bonds. The first-order chi connectivity index (χ1) is 9.92. The van der Waals surface area contributed by atoms with Crippen molar-refractivity contribution in [3.8, 4) is 0 Å². The maximum Gasteiger partial charge on any atom is 0.244 e. The molecule has 0 radical (unpaired) electrons. The smallest absolute Gasteiger partial charge is 0.244 e. The van der Waals surface area contributed by atoms with Crippen LogP contribution in [0.2, 0.25) is 5.02 Å². The minimum atomic E-state index is -3.64. The molecular weight excluding hydrogens is 312 g/mol. The van der Waals surface area contributed by atoms with E-state index in [9.17, 15) is 8.42 Å². The van der Waals surface area contributed by atoms with E-state index in [1.165, 1.54) is 17.1 Å². The average Bonchev–Trinajstić information content (AvgIpc) is 2.88. The van der Waals surface area contributed by atoms with Crippen LogP contribution in [-0.4, -0.2) is 24.7 Å². The van der Waals surface area contributed by atoms with E-state index < -0.39 is 16.1 Å². The Hall–Kier alpha value is -1.41. The first kappa shape index (κ1) is 16.0. The Morgan fingerprint density at radius 2 is 2.24 bits per heavy atom. The van der Waals surface area contributed by atoms with Crippen molar-refractivity contribution in [3.05, 3.63) is 47.2 Å². The number of sulfonamides is 1. The Morgan fingerprint density at radius 3 is 2.90 bits per heavy atom. The minimum absolute atomic E-state index is 0.116. The number of hydrogen-bond acceptors (Lipinski definition) is 4. The van der Waals surface area contributed by atoms with Gasteiger partial charge < -0.3 is 5.73 Å². The lowest BCUT2D eigenvalue weighted by atomic mass is 10.1. The van der Waals surface area contributed by atoms with Crippen molar-refractivity contribution in [1.29, 1.82) is 0 Å². The Bertz CT molecular complexity index is 714. The van der Waals surface area contributed by atoms with Crippen LogP contribution in [0.15, 0.2) is 41.6 Å². The summed E-state index contributed by atoms with van der Waals surface area (Å²) in [6.45, 7) is 2.63. The van der Waals surface area contributed by atoms with Gasteiger partial charge in [-0.05, 0) is 24.6 Å². The zero-order chi connectivity index (χ0) is 15.5. The summed E-state index contributed by atoms with van der Waals surface area (Å²) in [6, 6.07) is 6.67. The lowest BCUT2D eigenvalue weighted by Gasteiger charge is -2.14. The molecule has 1 aromatic carbocycles. The molecule has 0 spiro atoms. The Balaban J connectivity index is 2.16. The fraction of sp³-hybridized carbons (Fsp3) is 0.308. The number of nitrogens with zero attached hydrogens (tertiary/aromatic N) is 2. The maximum atomic E-state index is 12.3. The molecule has 0 saturated heterocycles. The number of rotatable bonds is 6. The van der Waals surface area contributed by atoms with Gasteiger partial charge in [0.25, 0.3) is 0 Å². The van der Waals surface area contributed by atoms with Gasteiger partial charge in [0.15, 0.2) is 0 Å². The van der Waals surface area contributed by atoms with Crippen LogP contribution in [0.3, 0.4) is 0 Å². The van der Waals surface area contributed by atoms with E-state index >= 15 is 0 Å². The first-order valence-corrected chi connectivity index (χ1v) is 8.29. The van der Waals surface area contributed by atoms with E-state index in [0.717, 1.165) is 5.56 Å². The zero-order valence-corrected chi connectivity index (χ0v) is 13.1. The van der Waals surface area contributed by atoms with Crippen LogP contribution in [0.5, 0.6) is 0 Å². The number of hydrogen-bond donors (Lipinski definition) is 2. The van der Waals surface area contributed by atoms with Crippen LogP contribution in [0.1, 0.15) is 18.5 Å². The van der Waals surface area contributed by atoms with E-state index in [1.54, 1.807) is 25.1 Å². The van der Waals surface area contributed by atoms with Crippen molar-refractivity contribution < 1.29 is 8.42 Å². The Labute approximate surface area is 129 Å². The summed E-state index contributed by atoms with van der Waals surface area (Å²) in [5.74, 6) is 0. The van der Waals surface area contributed by atoms with E-state index in [4.69, 9.17) is 17.3 Å². The molecule has 1 heterocycles. The standard InChI is InChI=1S/C13H17ClN4O2S/c1-10(11-3-2-4-12(14)7-11)17-21(19,20)13-8-16-18(9-13)6-5-15/h2-4,7-10,17H,5-6,15H2,1H3. The van der Waals surface area contributed by atoms with Gasteiger partial charge in [0, 0.05) is 23.8 Å². The molecule has 8 heteroatoms. The van der Waals surface area contributed by atoms with Crippen molar-refractivity contribution >= 4 is 21.6 Å². The predicted molar refractivity (Wildman–Crippen MR) is 81.5 cm³/mol. The summed E-state index contributed by atoms with van der Waals surface area (Å²) in [4.78, 5) is 0.116. The van der Waals surface area contributed by atoms with Crippen LogP contribution in [0, 0.1) is 0 Å². The normalized spacial score (nSPS) is 13.3. The third-order valence-corrected chi connectivity index (χ3v) is 4.69. The molecular formula is C13H17ClN4O2S. The number of nitrogens with two attached hydrogens (primary N) is 1. The number of benzene rings is 1. The van der Waals surface area contributed by atoms with Gasteiger partial charge in [0.1, 0.15) is 4.90 Å². The summed E-state index contributed by atoms with van der Waals surface area (Å²) in [5.41, 5.74) is 6.20. The third-order valence-electron chi connectivity index (χ3n) is 2.96. The quantitative estimate of drug-likeness (QED) is 0.841. The molecule has 1 atom stereocenters. The molecule has 3 N–H and O–H groups in total. The highest BCUT2D eigenvalue weighted by molar-refractivity contribution is 7.89. The van der Waals surface area contributed by atoms with E-state index in [-0.39, 0.29) is 4.90 Å². The predicted octanol–water partition coefficient (Wildman–Crippen LogP) is 1.53. The molecule has 6 nitrogen and oxygen atoms in total. The fourth-order valence-corrected chi connectivity index (χ4v) is 3.27. The van der Waals surface area contributed by atoms with Crippen molar-refractivity contribution in [2.24, 2.45) is 5.73 Å². The highest BCUT2D eigenvalue weighted by Crippen LogP contribution is 2.19. The van der Waals surface area contributed by atoms with Crippen LogP contribution < -0.4 is 10.5 Å². The van der Waals surface area contributed by atoms with Crippen molar-refractivity contribution in [1.82, 2.24) is 14.5 Å². The van der Waals surface area contributed by atoms with Crippen LogP contribution in [0.25, 0.3) is 0 Å². The second-order valence-corrected chi connectivity index (χ2v) is 6.78. The Morgan fingerprint density at radius 1 is 1.48 bits per heavy atom. The Kier molecular flexibility index (Phi) is 5.00. The van der Waals surface area contributed by atoms with Gasteiger partial charge in [-0.3, -0.25) is 4.68 Å². The SMILES string of the molecule is CC(NS(=O)(=O)c1cnn(CCN)c1)c1cccc(Cl)c1. The van der Waals surface area contributed by atoms with Crippen molar-refractivity contribution in [2.75, 3.05) is 6.54 Å². The second-order valence-electron chi connectivity index (χ2n) is 4.63. The van der Waals surface area contributed by atoms with Gasteiger partial charge >= 0.3 is 0 Å². The molecule has 2 rings (SSSR count). The molecule has 1 unspecified atom stereocenters. The van der Waals surface area contributed by atoms with Crippen molar-refractivity contribution in [2.45, 2.75) is 24.4 Å². The second kappa shape index (κ2) is 6.57. The van der Waals surface area contributed by atoms with Crippen LogP contribution in [0.4, 0.5) is 0 Å². The van der Waals surface area contributed by atoms with Gasteiger partial charge in [-0.25, -0.2) is 13.1 Å². The topological polar surface area (TPSA) is 90.0 Å². The monoisotopic (exact) mass is 328 g/mol. The van der Waals surface area contributed by atoms with Gasteiger partial charge in [-0.15, -0.1) is 0 Å². The summed E-state index contributed by atoms with van der Waals surface area (Å²) in [5, 5.41) is 4.53. The molecule has 114 valence electrons. The summed E-state index contributed by atoms with van der Waals surface area (Å²) in [7, 11) is -3.64. The lowest BCUT2D eigenvalue weighted by Crippen LogP contribution is -2.26. The van der Waals surface area contributed by atoms with Gasteiger partial charge in [0.05, 0.1) is 12.7 Å². The maximum absolute atomic E-state index is 12.3. The van der Waals surface area contributed by atoms with Gasteiger partial charge in [-0.1, -0.05) is 23.7 Å². The molecule has 1 aromatic heterocycles. The molecule has 0 aliphatic heterocycles. The van der Waals surface area contributed by atoms with E-state index in [0.29, 0.717) is 18.1 Å². The highest BCUT2D eigenvalue weighted by Gasteiger charge is 2.20. The summed E-state index contributed by atoms with van der Waals surface area (Å²) < 4.78 is 28.7. The largest absolute Gasteiger partial charge is 0.329 e. The average molecular weight is 329 g/mol. The molecule has 0 bridgehead atoms. The molecule has 21 heavy (non-hydrogen) atoms. The lowest BCUT2D eigenvalue weighted by molar-refractivity contribution is 0.566. The van der Waals surface area contributed by atoms with Gasteiger partial charge in [0.2, 0.25) is 10.0 Å². The number of halogens is 1. The van der Waals surface area contributed by atoms with Crippen molar-refractivity contribution in [3.63, 3.8) is 0 Å². The summed E-state index contributed by atoms with van der Waals surface area (Å²) in [6.07, 6.45) is 2.77. The molecule has 0 aliphatic carbocycles. The number of nitrogens with one attached hydrogen (secondary N) is 1. The van der Waals surface area contributed by atoms with Crippen LogP contribution >= 0.6 is 11.6 Å². The zero-order valence-electron chi connectivity index (χ0n) is 11.5. The van der Waals surface area contributed by atoms with E-state index in [2.05, 4.69) is 9.82 Å². The molecule has 0 saturated carbocycles. The fourth-order valence-electron chi connectivity index (χ4n) is 1.88. The molecule has 0 fully saturated rings. The van der Waals surface area contributed by atoms with Gasteiger partial charge in [-0.2, -0.15) is 5.10 Å². The summed E-state index contributed by atoms with van der Waals surface area (Å²) >= 11 is 5.91.